The number of ketones is 1. The standard InChI is InChI=1S/C26H32N2O3.ClH/c1-27(2)16-22-14-18(8-10-24(22)29)12-20-6-5-7-21(26(20)31)13-19-9-11-25(30)23(15-19)17-28(3)4;/h8-15,29-30H,5-7,16-17H2,1-4H3;1H/b20-12+,21-13+;. The van der Waals surface area contributed by atoms with Crippen molar-refractivity contribution in [3.05, 3.63) is 69.8 Å². The van der Waals surface area contributed by atoms with E-state index in [0.717, 1.165) is 52.7 Å². The van der Waals surface area contributed by atoms with Crippen LogP contribution >= 0.6 is 12.4 Å². The van der Waals surface area contributed by atoms with Crippen molar-refractivity contribution in [2.45, 2.75) is 32.4 Å². The van der Waals surface area contributed by atoms with Crippen molar-refractivity contribution >= 4 is 30.3 Å². The van der Waals surface area contributed by atoms with Crippen LogP contribution in [0, 0.1) is 0 Å². The minimum Gasteiger partial charge on any atom is -0.508 e. The van der Waals surface area contributed by atoms with E-state index < -0.39 is 0 Å². The summed E-state index contributed by atoms with van der Waals surface area (Å²) in [6, 6.07) is 11.0. The van der Waals surface area contributed by atoms with Gasteiger partial charge in [0.2, 0.25) is 0 Å². The lowest BCUT2D eigenvalue weighted by atomic mass is 9.86. The number of nitrogens with zero attached hydrogens (tertiary/aromatic N) is 2. The molecule has 0 amide bonds. The molecule has 2 N–H and O–H groups in total. The van der Waals surface area contributed by atoms with E-state index in [1.54, 1.807) is 12.1 Å². The lowest BCUT2D eigenvalue weighted by Gasteiger charge is -2.18. The third-order valence-corrected chi connectivity index (χ3v) is 5.34. The third kappa shape index (κ3) is 6.70. The Morgan fingerprint density at radius 3 is 1.56 bits per heavy atom. The number of hydrogen-bond donors (Lipinski definition) is 2. The summed E-state index contributed by atoms with van der Waals surface area (Å²) in [6.07, 6.45) is 6.32. The molecule has 1 aliphatic rings. The molecule has 0 spiro atoms. The molecule has 0 heterocycles. The molecule has 1 aliphatic carbocycles. The van der Waals surface area contributed by atoms with Gasteiger partial charge < -0.3 is 20.0 Å². The van der Waals surface area contributed by atoms with Crippen molar-refractivity contribution in [1.82, 2.24) is 9.80 Å². The zero-order valence-corrected chi connectivity index (χ0v) is 20.1. The van der Waals surface area contributed by atoms with Gasteiger partial charge in [0.1, 0.15) is 11.5 Å². The maximum absolute atomic E-state index is 13.1. The normalized spacial score (nSPS) is 16.8. The fourth-order valence-corrected chi connectivity index (χ4v) is 3.91. The van der Waals surface area contributed by atoms with Crippen molar-refractivity contribution in [3.8, 4) is 11.5 Å². The molecule has 3 rings (SSSR count). The number of rotatable bonds is 6. The Morgan fingerprint density at radius 2 is 1.19 bits per heavy atom. The molecular formula is C26H33ClN2O3. The SMILES string of the molecule is CN(C)Cc1cc(/C=C2\CCC/C(=C\c3ccc(O)c(CN(C)C)c3)C2=O)ccc1O.Cl. The molecule has 0 aliphatic heterocycles. The van der Waals surface area contributed by atoms with Gasteiger partial charge in [-0.1, -0.05) is 12.1 Å². The first-order chi connectivity index (χ1) is 14.7. The van der Waals surface area contributed by atoms with Crippen LogP contribution in [0.3, 0.4) is 0 Å². The Labute approximate surface area is 197 Å². The molecule has 2 aromatic carbocycles. The topological polar surface area (TPSA) is 64.0 Å². The van der Waals surface area contributed by atoms with Gasteiger partial charge in [-0.3, -0.25) is 4.79 Å². The molecule has 172 valence electrons. The van der Waals surface area contributed by atoms with Gasteiger partial charge in [0.25, 0.3) is 0 Å². The number of phenolic OH excluding ortho intramolecular Hbond substituents is 2. The van der Waals surface area contributed by atoms with Crippen LogP contribution < -0.4 is 0 Å². The molecule has 1 fully saturated rings. The van der Waals surface area contributed by atoms with E-state index in [1.165, 1.54) is 0 Å². The van der Waals surface area contributed by atoms with Crippen LogP contribution in [0.2, 0.25) is 0 Å². The lowest BCUT2D eigenvalue weighted by molar-refractivity contribution is -0.112. The molecule has 6 heteroatoms. The number of allylic oxidation sites excluding steroid dienone is 2. The minimum absolute atomic E-state index is 0. The fourth-order valence-electron chi connectivity index (χ4n) is 3.91. The van der Waals surface area contributed by atoms with Gasteiger partial charge >= 0.3 is 0 Å². The average molecular weight is 457 g/mol. The van der Waals surface area contributed by atoms with Crippen molar-refractivity contribution in [3.63, 3.8) is 0 Å². The van der Waals surface area contributed by atoms with E-state index in [1.807, 2.05) is 74.4 Å². The highest BCUT2D eigenvalue weighted by atomic mass is 35.5. The molecule has 1 saturated carbocycles. The monoisotopic (exact) mass is 456 g/mol. The van der Waals surface area contributed by atoms with Crippen molar-refractivity contribution in [1.29, 1.82) is 0 Å². The molecular weight excluding hydrogens is 424 g/mol. The van der Waals surface area contributed by atoms with E-state index in [4.69, 9.17) is 0 Å². The van der Waals surface area contributed by atoms with E-state index in [9.17, 15) is 15.0 Å². The highest BCUT2D eigenvalue weighted by Crippen LogP contribution is 2.30. The summed E-state index contributed by atoms with van der Waals surface area (Å²) in [5.41, 5.74) is 5.14. The van der Waals surface area contributed by atoms with Gasteiger partial charge in [0.15, 0.2) is 5.78 Å². The number of halogens is 1. The molecule has 0 unspecified atom stereocenters. The summed E-state index contributed by atoms with van der Waals surface area (Å²) >= 11 is 0. The number of benzene rings is 2. The van der Waals surface area contributed by atoms with Crippen LogP contribution in [-0.4, -0.2) is 54.0 Å². The minimum atomic E-state index is 0. The van der Waals surface area contributed by atoms with E-state index in [0.29, 0.717) is 13.1 Å². The van der Waals surface area contributed by atoms with Gasteiger partial charge in [0, 0.05) is 35.4 Å². The van der Waals surface area contributed by atoms with Crippen molar-refractivity contribution in [2.75, 3.05) is 28.2 Å². The van der Waals surface area contributed by atoms with Crippen molar-refractivity contribution in [2.24, 2.45) is 0 Å². The number of phenols is 2. The second-order valence-electron chi connectivity index (χ2n) is 8.77. The number of aromatic hydroxyl groups is 2. The zero-order valence-electron chi connectivity index (χ0n) is 19.3. The smallest absolute Gasteiger partial charge is 0.185 e. The molecule has 0 saturated heterocycles. The molecule has 5 nitrogen and oxygen atoms in total. The Kier molecular flexibility index (Phi) is 9.08. The van der Waals surface area contributed by atoms with E-state index >= 15 is 0 Å². The third-order valence-electron chi connectivity index (χ3n) is 5.34. The van der Waals surface area contributed by atoms with Gasteiger partial charge in [-0.05, 0) is 95.0 Å². The van der Waals surface area contributed by atoms with Gasteiger partial charge in [-0.15, -0.1) is 12.4 Å². The van der Waals surface area contributed by atoms with Crippen LogP contribution in [0.25, 0.3) is 12.2 Å². The molecule has 2 aromatic rings. The fraction of sp³-hybridized carbons (Fsp3) is 0.346. The van der Waals surface area contributed by atoms with E-state index in [-0.39, 0.29) is 29.7 Å². The summed E-state index contributed by atoms with van der Waals surface area (Å²) in [4.78, 5) is 17.1. The van der Waals surface area contributed by atoms with Crippen LogP contribution in [0.4, 0.5) is 0 Å². The van der Waals surface area contributed by atoms with Gasteiger partial charge in [-0.25, -0.2) is 0 Å². The summed E-state index contributed by atoms with van der Waals surface area (Å²) in [5.74, 6) is 0.621. The first-order valence-electron chi connectivity index (χ1n) is 10.6. The lowest BCUT2D eigenvalue weighted by Crippen LogP contribution is -2.13. The summed E-state index contributed by atoms with van der Waals surface area (Å²) in [7, 11) is 7.83. The summed E-state index contributed by atoms with van der Waals surface area (Å²) in [6.45, 7) is 1.27. The Balaban J connectivity index is 0.00000363. The largest absolute Gasteiger partial charge is 0.508 e. The average Bonchev–Trinajstić information content (AvgIpc) is 2.69. The number of carbonyl (C=O) groups is 1. The molecule has 0 radical (unpaired) electrons. The summed E-state index contributed by atoms with van der Waals surface area (Å²) in [5, 5.41) is 20.2. The van der Waals surface area contributed by atoms with Crippen LogP contribution in [-0.2, 0) is 17.9 Å². The zero-order chi connectivity index (χ0) is 22.5. The Morgan fingerprint density at radius 1 is 0.781 bits per heavy atom. The van der Waals surface area contributed by atoms with Crippen LogP contribution in [0.15, 0.2) is 47.5 Å². The highest BCUT2D eigenvalue weighted by Gasteiger charge is 2.21. The highest BCUT2D eigenvalue weighted by molar-refractivity contribution is 6.14. The van der Waals surface area contributed by atoms with E-state index in [2.05, 4.69) is 0 Å². The molecule has 32 heavy (non-hydrogen) atoms. The second kappa shape index (κ2) is 11.3. The number of carbonyl (C=O) groups excluding carboxylic acids is 1. The van der Waals surface area contributed by atoms with Gasteiger partial charge in [0.05, 0.1) is 0 Å². The van der Waals surface area contributed by atoms with Crippen LogP contribution in [0.1, 0.15) is 41.5 Å². The number of Topliss-reactive ketones (excluding diaryl/α,β-unsaturated/α-hetero) is 1. The molecule has 0 aromatic heterocycles. The maximum Gasteiger partial charge on any atom is 0.185 e. The summed E-state index contributed by atoms with van der Waals surface area (Å²) < 4.78 is 0. The Bertz CT molecular complexity index is 946. The number of hydrogen-bond acceptors (Lipinski definition) is 5. The maximum atomic E-state index is 13.1. The molecule has 0 bridgehead atoms. The van der Waals surface area contributed by atoms with Gasteiger partial charge in [-0.2, -0.15) is 0 Å². The van der Waals surface area contributed by atoms with Crippen molar-refractivity contribution < 1.29 is 15.0 Å². The first kappa shape index (κ1) is 25.7. The predicted octanol–water partition coefficient (Wildman–Crippen LogP) is 4.86. The molecule has 0 atom stereocenters. The second-order valence-corrected chi connectivity index (χ2v) is 8.77. The quantitative estimate of drug-likeness (QED) is 0.607. The Hall–Kier alpha value is -2.60. The van der Waals surface area contributed by atoms with Crippen LogP contribution in [0.5, 0.6) is 11.5 Å². The predicted molar refractivity (Wildman–Crippen MR) is 133 cm³/mol. The first-order valence-corrected chi connectivity index (χ1v) is 10.6.